The first-order valence-corrected chi connectivity index (χ1v) is 6.83. The van der Waals surface area contributed by atoms with Crippen LogP contribution in [-0.4, -0.2) is 34.6 Å². The maximum Gasteiger partial charge on any atom is 0.346 e. The molecular weight excluding hydrogens is 284 g/mol. The van der Waals surface area contributed by atoms with Crippen molar-refractivity contribution < 1.29 is 19.4 Å². The van der Waals surface area contributed by atoms with Crippen molar-refractivity contribution in [1.82, 2.24) is 4.98 Å². The molecule has 0 saturated heterocycles. The Morgan fingerprint density at radius 2 is 1.95 bits per heavy atom. The second-order valence-corrected chi connectivity index (χ2v) is 4.95. The molecule has 6 heteroatoms. The number of ether oxygens (including phenoxy) is 1. The molecule has 0 aliphatic carbocycles. The molecule has 1 aromatic carbocycles. The Hall–Kier alpha value is -2.89. The van der Waals surface area contributed by atoms with Crippen molar-refractivity contribution in [3.63, 3.8) is 0 Å². The van der Waals surface area contributed by atoms with E-state index in [1.165, 1.54) is 4.90 Å². The summed E-state index contributed by atoms with van der Waals surface area (Å²) in [6, 6.07) is 10.5. The van der Waals surface area contributed by atoms with Crippen LogP contribution in [0.1, 0.15) is 5.56 Å². The lowest BCUT2D eigenvalue weighted by Crippen LogP contribution is -2.47. The van der Waals surface area contributed by atoms with E-state index in [1.807, 2.05) is 0 Å². The molecule has 6 nitrogen and oxygen atoms in total. The van der Waals surface area contributed by atoms with E-state index in [1.54, 1.807) is 48.8 Å². The van der Waals surface area contributed by atoms with E-state index in [0.717, 1.165) is 5.56 Å². The third-order valence-electron chi connectivity index (χ3n) is 3.45. The van der Waals surface area contributed by atoms with E-state index in [4.69, 9.17) is 4.74 Å². The highest BCUT2D eigenvalue weighted by atomic mass is 16.5. The first-order chi connectivity index (χ1) is 10.6. The van der Waals surface area contributed by atoms with Crippen LogP contribution in [0.25, 0.3) is 0 Å². The Balaban J connectivity index is 1.88. The van der Waals surface area contributed by atoms with E-state index in [2.05, 4.69) is 4.98 Å². The average Bonchev–Trinajstić information content (AvgIpc) is 2.54. The smallest absolute Gasteiger partial charge is 0.346 e. The van der Waals surface area contributed by atoms with Crippen LogP contribution in [-0.2, 0) is 16.0 Å². The summed E-state index contributed by atoms with van der Waals surface area (Å²) in [4.78, 5) is 29.2. The summed E-state index contributed by atoms with van der Waals surface area (Å²) in [5, 5.41) is 9.18. The molecule has 1 atom stereocenters. The van der Waals surface area contributed by atoms with Gasteiger partial charge in [0, 0.05) is 12.4 Å². The van der Waals surface area contributed by atoms with E-state index >= 15 is 0 Å². The minimum Gasteiger partial charge on any atom is -0.478 e. The van der Waals surface area contributed by atoms with Gasteiger partial charge >= 0.3 is 5.97 Å². The Morgan fingerprint density at radius 1 is 1.23 bits per heavy atom. The third-order valence-corrected chi connectivity index (χ3v) is 3.45. The quantitative estimate of drug-likeness (QED) is 0.929. The van der Waals surface area contributed by atoms with Gasteiger partial charge < -0.3 is 14.7 Å². The molecule has 0 spiro atoms. The van der Waals surface area contributed by atoms with E-state index in [-0.39, 0.29) is 18.9 Å². The number of carbonyl (C=O) groups excluding carboxylic acids is 1. The van der Waals surface area contributed by atoms with E-state index in [9.17, 15) is 14.7 Å². The molecule has 0 bridgehead atoms. The average molecular weight is 298 g/mol. The van der Waals surface area contributed by atoms with Crippen molar-refractivity contribution in [2.75, 3.05) is 11.4 Å². The van der Waals surface area contributed by atoms with Gasteiger partial charge in [0.25, 0.3) is 0 Å². The third kappa shape index (κ3) is 2.76. The number of aromatic nitrogens is 1. The SMILES string of the molecule is O=C(O)C1CN(C(=O)Cc2ccncc2)c2ccccc2O1. The standard InChI is InChI=1S/C16H14N2O4/c19-15(9-11-5-7-17-8-6-11)18-10-14(16(20)21)22-13-4-2-1-3-12(13)18/h1-8,14H,9-10H2,(H,20,21). The zero-order chi connectivity index (χ0) is 15.5. The number of rotatable bonds is 3. The number of carboxylic acid groups (broad SMARTS) is 1. The molecule has 112 valence electrons. The lowest BCUT2D eigenvalue weighted by molar-refractivity contribution is -0.145. The monoisotopic (exact) mass is 298 g/mol. The van der Waals surface area contributed by atoms with Crippen LogP contribution in [0.5, 0.6) is 5.75 Å². The first-order valence-electron chi connectivity index (χ1n) is 6.83. The van der Waals surface area contributed by atoms with E-state index in [0.29, 0.717) is 11.4 Å². The van der Waals surface area contributed by atoms with Gasteiger partial charge in [0.15, 0.2) is 0 Å². The van der Waals surface area contributed by atoms with Gasteiger partial charge in [-0.25, -0.2) is 4.79 Å². The molecule has 2 aromatic rings. The van der Waals surface area contributed by atoms with Crippen LogP contribution in [0.4, 0.5) is 5.69 Å². The van der Waals surface area contributed by atoms with Crippen molar-refractivity contribution in [2.45, 2.75) is 12.5 Å². The molecule has 0 radical (unpaired) electrons. The Labute approximate surface area is 127 Å². The van der Waals surface area contributed by atoms with Crippen molar-refractivity contribution in [1.29, 1.82) is 0 Å². The lowest BCUT2D eigenvalue weighted by atomic mass is 10.1. The van der Waals surface area contributed by atoms with Crippen molar-refractivity contribution >= 4 is 17.6 Å². The number of carboxylic acids is 1. The summed E-state index contributed by atoms with van der Waals surface area (Å²) >= 11 is 0. The van der Waals surface area contributed by atoms with Crippen LogP contribution in [0, 0.1) is 0 Å². The van der Waals surface area contributed by atoms with Crippen LogP contribution in [0.2, 0.25) is 0 Å². The predicted molar refractivity (Wildman–Crippen MR) is 78.8 cm³/mol. The topological polar surface area (TPSA) is 79.7 Å². The fourth-order valence-electron chi connectivity index (χ4n) is 2.37. The minimum atomic E-state index is -1.09. The number of benzene rings is 1. The summed E-state index contributed by atoms with van der Waals surface area (Å²) < 4.78 is 5.42. The van der Waals surface area contributed by atoms with Gasteiger partial charge in [-0.1, -0.05) is 12.1 Å². The van der Waals surface area contributed by atoms with Crippen molar-refractivity contribution in [2.24, 2.45) is 0 Å². The summed E-state index contributed by atoms with van der Waals surface area (Å²) in [5.74, 6) is -0.853. The van der Waals surface area contributed by atoms with Crippen LogP contribution < -0.4 is 9.64 Å². The molecule has 1 aromatic heterocycles. The summed E-state index contributed by atoms with van der Waals surface area (Å²) in [7, 11) is 0. The molecule has 22 heavy (non-hydrogen) atoms. The lowest BCUT2D eigenvalue weighted by Gasteiger charge is -2.33. The number of para-hydroxylation sites is 2. The summed E-state index contributed by atoms with van der Waals surface area (Å²) in [5.41, 5.74) is 1.43. The van der Waals surface area contributed by atoms with Gasteiger partial charge in [0.1, 0.15) is 5.75 Å². The van der Waals surface area contributed by atoms with Crippen molar-refractivity contribution in [3.05, 3.63) is 54.4 Å². The first kappa shape index (κ1) is 14.1. The second kappa shape index (κ2) is 5.85. The molecule has 1 aliphatic rings. The van der Waals surface area contributed by atoms with Gasteiger partial charge in [0.05, 0.1) is 18.7 Å². The fourth-order valence-corrected chi connectivity index (χ4v) is 2.37. The maximum atomic E-state index is 12.6. The number of hydrogen-bond donors (Lipinski definition) is 1. The Kier molecular flexibility index (Phi) is 3.74. The van der Waals surface area contributed by atoms with Crippen molar-refractivity contribution in [3.8, 4) is 5.75 Å². The largest absolute Gasteiger partial charge is 0.478 e. The highest BCUT2D eigenvalue weighted by Crippen LogP contribution is 2.33. The Morgan fingerprint density at radius 3 is 2.68 bits per heavy atom. The molecule has 2 heterocycles. The van der Waals surface area contributed by atoms with Gasteiger partial charge in [-0.15, -0.1) is 0 Å². The predicted octanol–water partition coefficient (Wildman–Crippen LogP) is 1.50. The zero-order valence-electron chi connectivity index (χ0n) is 11.7. The van der Waals surface area contributed by atoms with Gasteiger partial charge in [0.2, 0.25) is 12.0 Å². The van der Waals surface area contributed by atoms with Crippen LogP contribution in [0.3, 0.4) is 0 Å². The van der Waals surface area contributed by atoms with Crippen LogP contribution in [0.15, 0.2) is 48.8 Å². The van der Waals surface area contributed by atoms with Gasteiger partial charge in [-0.3, -0.25) is 9.78 Å². The van der Waals surface area contributed by atoms with Gasteiger partial charge in [-0.05, 0) is 29.8 Å². The molecule has 1 aliphatic heterocycles. The van der Waals surface area contributed by atoms with Gasteiger partial charge in [-0.2, -0.15) is 0 Å². The molecule has 0 fully saturated rings. The second-order valence-electron chi connectivity index (χ2n) is 4.95. The van der Waals surface area contributed by atoms with Crippen LogP contribution >= 0.6 is 0 Å². The summed E-state index contributed by atoms with van der Waals surface area (Å²) in [6.07, 6.45) is 2.37. The molecule has 1 N–H and O–H groups in total. The number of pyridine rings is 1. The zero-order valence-corrected chi connectivity index (χ0v) is 11.7. The Bertz CT molecular complexity index is 702. The number of nitrogens with zero attached hydrogens (tertiary/aromatic N) is 2. The molecular formula is C16H14N2O4. The number of carbonyl (C=O) groups is 2. The molecule has 1 amide bonds. The van der Waals surface area contributed by atoms with E-state index < -0.39 is 12.1 Å². The maximum absolute atomic E-state index is 12.6. The number of anilines is 1. The number of amides is 1. The number of fused-ring (bicyclic) bond motifs is 1. The number of hydrogen-bond acceptors (Lipinski definition) is 4. The normalized spacial score (nSPS) is 16.5. The molecule has 3 rings (SSSR count). The number of aliphatic carboxylic acids is 1. The molecule has 0 saturated carbocycles. The molecule has 1 unspecified atom stereocenters. The summed E-state index contributed by atoms with van der Waals surface area (Å²) in [6.45, 7) is -0.00371. The minimum absolute atomic E-state index is 0.00371. The highest BCUT2D eigenvalue weighted by molar-refractivity contribution is 5.97. The highest BCUT2D eigenvalue weighted by Gasteiger charge is 2.33. The fraction of sp³-hybridized carbons (Fsp3) is 0.188.